The van der Waals surface area contributed by atoms with Crippen molar-refractivity contribution in [2.45, 2.75) is 32.3 Å². The van der Waals surface area contributed by atoms with Crippen molar-refractivity contribution < 1.29 is 13.9 Å². The van der Waals surface area contributed by atoms with Gasteiger partial charge < -0.3 is 9.15 Å². The summed E-state index contributed by atoms with van der Waals surface area (Å²) in [5.41, 5.74) is 0.108. The van der Waals surface area contributed by atoms with Crippen LogP contribution < -0.4 is 5.32 Å². The van der Waals surface area contributed by atoms with Crippen LogP contribution in [-0.4, -0.2) is 35.1 Å². The maximum atomic E-state index is 11.8. The van der Waals surface area contributed by atoms with Gasteiger partial charge in [-0.3, -0.25) is 10.1 Å². The minimum atomic E-state index is -0.196. The maximum absolute atomic E-state index is 11.8. The van der Waals surface area contributed by atoms with E-state index in [-0.39, 0.29) is 23.6 Å². The number of nitrogens with one attached hydrogen (secondary N) is 1. The Hall–Kier alpha value is -1.52. The first-order valence-electron chi connectivity index (χ1n) is 6.55. The first kappa shape index (κ1) is 14.9. The second-order valence-electron chi connectivity index (χ2n) is 4.57. The van der Waals surface area contributed by atoms with Crippen LogP contribution in [-0.2, 0) is 9.53 Å². The van der Waals surface area contributed by atoms with Crippen LogP contribution in [0.5, 0.6) is 0 Å². The van der Waals surface area contributed by atoms with E-state index in [0.717, 1.165) is 25.2 Å². The molecule has 6 nitrogen and oxygen atoms in total. The normalized spacial score (nSPS) is 18.5. The Morgan fingerprint density at radius 1 is 1.60 bits per heavy atom. The van der Waals surface area contributed by atoms with Gasteiger partial charge in [-0.1, -0.05) is 0 Å². The Bertz CT molecular complexity index is 503. The molecule has 1 saturated heterocycles. The fourth-order valence-electron chi connectivity index (χ4n) is 1.97. The third-order valence-electron chi connectivity index (χ3n) is 2.90. The number of thioether (sulfide) groups is 1. The Kier molecular flexibility index (Phi) is 5.44. The van der Waals surface area contributed by atoms with Gasteiger partial charge in [-0.15, -0.1) is 11.8 Å². The molecule has 1 N–H and O–H groups in total. The zero-order valence-corrected chi connectivity index (χ0v) is 12.2. The quantitative estimate of drug-likeness (QED) is 0.895. The number of nitrogens with zero attached hydrogens (tertiary/aromatic N) is 2. The number of hydrogen-bond acceptors (Lipinski definition) is 6. The van der Waals surface area contributed by atoms with E-state index < -0.39 is 0 Å². The molecule has 0 aromatic carbocycles. The van der Waals surface area contributed by atoms with Gasteiger partial charge in [0, 0.05) is 19.3 Å². The molecule has 20 heavy (non-hydrogen) atoms. The van der Waals surface area contributed by atoms with Gasteiger partial charge in [-0.25, -0.2) is 4.98 Å². The van der Waals surface area contributed by atoms with Gasteiger partial charge in [0.15, 0.2) is 5.89 Å². The smallest absolute Gasteiger partial charge is 0.238 e. The molecule has 1 aliphatic heterocycles. The number of amides is 1. The SMILES string of the molecule is Cc1nc(C#N)c(NC(=O)CSCC2CCCCO2)o1. The van der Waals surface area contributed by atoms with E-state index in [9.17, 15) is 4.79 Å². The minimum absolute atomic E-state index is 0.108. The van der Waals surface area contributed by atoms with Crippen LogP contribution in [0.1, 0.15) is 30.8 Å². The van der Waals surface area contributed by atoms with Crippen molar-refractivity contribution in [1.29, 1.82) is 5.26 Å². The molecule has 1 aromatic rings. The number of nitriles is 1. The van der Waals surface area contributed by atoms with Crippen LogP contribution >= 0.6 is 11.8 Å². The van der Waals surface area contributed by atoms with Crippen LogP contribution in [0, 0.1) is 18.3 Å². The predicted octanol–water partition coefficient (Wildman–Crippen LogP) is 2.10. The van der Waals surface area contributed by atoms with E-state index in [2.05, 4.69) is 10.3 Å². The van der Waals surface area contributed by atoms with E-state index in [1.165, 1.54) is 18.2 Å². The monoisotopic (exact) mass is 295 g/mol. The zero-order chi connectivity index (χ0) is 14.4. The van der Waals surface area contributed by atoms with E-state index in [4.69, 9.17) is 14.4 Å². The fraction of sp³-hybridized carbons (Fsp3) is 0.615. The topological polar surface area (TPSA) is 88.2 Å². The second-order valence-corrected chi connectivity index (χ2v) is 5.60. The van der Waals surface area contributed by atoms with Gasteiger partial charge in [0.05, 0.1) is 11.9 Å². The van der Waals surface area contributed by atoms with Crippen LogP contribution in [0.4, 0.5) is 5.88 Å². The summed E-state index contributed by atoms with van der Waals surface area (Å²) in [6, 6.07) is 1.88. The predicted molar refractivity (Wildman–Crippen MR) is 75.5 cm³/mol. The highest BCUT2D eigenvalue weighted by molar-refractivity contribution is 8.00. The molecule has 0 radical (unpaired) electrons. The molecule has 1 aromatic heterocycles. The molecule has 0 spiro atoms. The first-order chi connectivity index (χ1) is 9.69. The van der Waals surface area contributed by atoms with Gasteiger partial charge in [0.2, 0.25) is 17.5 Å². The molecule has 1 amide bonds. The molecule has 1 atom stereocenters. The molecule has 2 heterocycles. The van der Waals surface area contributed by atoms with Crippen molar-refractivity contribution in [2.75, 3.05) is 23.4 Å². The second kappa shape index (κ2) is 7.31. The van der Waals surface area contributed by atoms with Crippen molar-refractivity contribution >= 4 is 23.6 Å². The van der Waals surface area contributed by atoms with E-state index in [0.29, 0.717) is 11.6 Å². The number of carbonyl (C=O) groups excluding carboxylic acids is 1. The third kappa shape index (κ3) is 4.25. The number of aromatic nitrogens is 1. The van der Waals surface area contributed by atoms with Crippen LogP contribution in [0.15, 0.2) is 4.42 Å². The third-order valence-corrected chi connectivity index (χ3v) is 3.98. The molecular weight excluding hydrogens is 278 g/mol. The largest absolute Gasteiger partial charge is 0.424 e. The summed E-state index contributed by atoms with van der Waals surface area (Å²) in [7, 11) is 0. The van der Waals surface area contributed by atoms with Crippen molar-refractivity contribution in [2.24, 2.45) is 0 Å². The Balaban J connectivity index is 1.73. The molecule has 1 unspecified atom stereocenters. The lowest BCUT2D eigenvalue weighted by Gasteiger charge is -2.21. The Labute approximate surface area is 121 Å². The molecule has 0 saturated carbocycles. The van der Waals surface area contributed by atoms with Crippen LogP contribution in [0.25, 0.3) is 0 Å². The van der Waals surface area contributed by atoms with Crippen molar-refractivity contribution in [3.63, 3.8) is 0 Å². The Morgan fingerprint density at radius 3 is 3.15 bits per heavy atom. The summed E-state index contributed by atoms with van der Waals surface area (Å²) in [5, 5.41) is 11.4. The number of oxazole rings is 1. The van der Waals surface area contributed by atoms with Crippen molar-refractivity contribution in [3.8, 4) is 6.07 Å². The van der Waals surface area contributed by atoms with Gasteiger partial charge in [0.25, 0.3) is 0 Å². The molecule has 0 bridgehead atoms. The molecule has 2 rings (SSSR count). The zero-order valence-electron chi connectivity index (χ0n) is 11.3. The number of aryl methyl sites for hydroxylation is 1. The molecule has 1 fully saturated rings. The number of hydrogen-bond donors (Lipinski definition) is 1. The van der Waals surface area contributed by atoms with Gasteiger partial charge in [-0.2, -0.15) is 5.26 Å². The molecule has 7 heteroatoms. The lowest BCUT2D eigenvalue weighted by Crippen LogP contribution is -2.23. The highest BCUT2D eigenvalue weighted by Gasteiger charge is 2.16. The molecule has 1 aliphatic rings. The molecule has 0 aliphatic carbocycles. The van der Waals surface area contributed by atoms with Crippen LogP contribution in [0.3, 0.4) is 0 Å². The average Bonchev–Trinajstić information content (AvgIpc) is 2.80. The fourth-order valence-corrected chi connectivity index (χ4v) is 2.87. The minimum Gasteiger partial charge on any atom is -0.424 e. The first-order valence-corrected chi connectivity index (χ1v) is 7.71. The lowest BCUT2D eigenvalue weighted by molar-refractivity contribution is -0.113. The lowest BCUT2D eigenvalue weighted by atomic mass is 10.1. The summed E-state index contributed by atoms with van der Waals surface area (Å²) < 4.78 is 10.8. The van der Waals surface area contributed by atoms with Gasteiger partial charge in [-0.05, 0) is 19.3 Å². The summed E-state index contributed by atoms with van der Waals surface area (Å²) in [4.78, 5) is 15.6. The average molecular weight is 295 g/mol. The Morgan fingerprint density at radius 2 is 2.45 bits per heavy atom. The maximum Gasteiger partial charge on any atom is 0.238 e. The van der Waals surface area contributed by atoms with Gasteiger partial charge >= 0.3 is 0 Å². The summed E-state index contributed by atoms with van der Waals surface area (Å²) in [5.74, 6) is 1.42. The summed E-state index contributed by atoms with van der Waals surface area (Å²) >= 11 is 1.53. The van der Waals surface area contributed by atoms with Gasteiger partial charge in [0.1, 0.15) is 6.07 Å². The standard InChI is InChI=1S/C13H17N3O3S/c1-9-15-11(6-14)13(19-9)16-12(17)8-20-7-10-4-2-3-5-18-10/h10H,2-5,7-8H2,1H3,(H,16,17). The number of anilines is 1. The van der Waals surface area contributed by atoms with Crippen LogP contribution in [0.2, 0.25) is 0 Å². The van der Waals surface area contributed by atoms with Crippen molar-refractivity contribution in [1.82, 2.24) is 4.98 Å². The van der Waals surface area contributed by atoms with E-state index >= 15 is 0 Å². The highest BCUT2D eigenvalue weighted by Crippen LogP contribution is 2.19. The highest BCUT2D eigenvalue weighted by atomic mass is 32.2. The number of rotatable bonds is 5. The van der Waals surface area contributed by atoms with Crippen molar-refractivity contribution in [3.05, 3.63) is 11.6 Å². The van der Waals surface area contributed by atoms with E-state index in [1.807, 2.05) is 6.07 Å². The molecular formula is C13H17N3O3S. The number of carbonyl (C=O) groups is 1. The van der Waals surface area contributed by atoms with E-state index in [1.54, 1.807) is 6.92 Å². The summed E-state index contributed by atoms with van der Waals surface area (Å²) in [6.07, 6.45) is 3.64. The number of ether oxygens (including phenoxy) is 1. The summed E-state index contributed by atoms with van der Waals surface area (Å²) in [6.45, 7) is 2.45. The molecule has 108 valence electrons.